The van der Waals surface area contributed by atoms with Gasteiger partial charge in [-0.2, -0.15) is 4.98 Å². The molecule has 12 heteroatoms. The van der Waals surface area contributed by atoms with Crippen molar-refractivity contribution in [2.45, 2.75) is 39.5 Å². The van der Waals surface area contributed by atoms with Gasteiger partial charge in [0.25, 0.3) is 5.56 Å². The third-order valence-corrected chi connectivity index (χ3v) is 5.11. The van der Waals surface area contributed by atoms with Gasteiger partial charge in [0.2, 0.25) is 5.89 Å². The van der Waals surface area contributed by atoms with Crippen molar-refractivity contribution in [1.82, 2.24) is 24.6 Å². The number of nitrogens with zero attached hydrogens (tertiary/aromatic N) is 4. The van der Waals surface area contributed by atoms with Crippen molar-refractivity contribution in [3.63, 3.8) is 0 Å². The van der Waals surface area contributed by atoms with Crippen molar-refractivity contribution >= 4 is 41.4 Å². The molecule has 0 spiro atoms. The third kappa shape index (κ3) is 6.36. The molecule has 0 aliphatic heterocycles. The van der Waals surface area contributed by atoms with E-state index in [2.05, 4.69) is 15.5 Å². The molecule has 0 aliphatic rings. The molecule has 0 bridgehead atoms. The van der Waals surface area contributed by atoms with E-state index >= 15 is 0 Å². The first-order valence-corrected chi connectivity index (χ1v) is 10.9. The molecule has 0 fully saturated rings. The summed E-state index contributed by atoms with van der Waals surface area (Å²) in [6.45, 7) is 4.70. The Morgan fingerprint density at radius 3 is 2.50 bits per heavy atom. The van der Waals surface area contributed by atoms with Crippen LogP contribution in [0.15, 0.2) is 38.4 Å². The predicted octanol–water partition coefficient (Wildman–Crippen LogP) is 3.48. The molecule has 3 aromatic rings. The van der Waals surface area contributed by atoms with Crippen LogP contribution in [0.25, 0.3) is 12.2 Å². The number of carbonyl (C=O) groups excluding carboxylic acids is 1. The van der Waals surface area contributed by atoms with Gasteiger partial charge in [-0.15, -0.1) is 0 Å². The number of hydrogen-bond donors (Lipinski definition) is 1. The second kappa shape index (κ2) is 10.3. The molecule has 34 heavy (non-hydrogen) atoms. The zero-order valence-electron chi connectivity index (χ0n) is 19.0. The maximum atomic E-state index is 12.8. The standard InChI is InChI=1S/C22H23Cl2N5O5/c1-22(2,3)33-20(31)25-11-15-18(24)19(30)29(21(32)28(15)4)12-17-26-16(27-34-17)10-7-13-5-8-14(23)9-6-13/h5-10H,11-12H2,1-4H3,(H,25,31)/b10-7+. The lowest BCUT2D eigenvalue weighted by molar-refractivity contribution is 0.0522. The number of ether oxygens (including phenoxy) is 1. The molecule has 0 aliphatic carbocycles. The van der Waals surface area contributed by atoms with Crippen LogP contribution >= 0.6 is 23.2 Å². The molecule has 180 valence electrons. The zero-order valence-corrected chi connectivity index (χ0v) is 20.5. The predicted molar refractivity (Wildman–Crippen MR) is 128 cm³/mol. The highest BCUT2D eigenvalue weighted by Gasteiger charge is 2.20. The largest absolute Gasteiger partial charge is 0.444 e. The van der Waals surface area contributed by atoms with Gasteiger partial charge in [0.05, 0.1) is 12.2 Å². The van der Waals surface area contributed by atoms with Crippen LogP contribution in [0.4, 0.5) is 4.79 Å². The third-order valence-electron chi connectivity index (χ3n) is 4.48. The first kappa shape index (κ1) is 25.3. The molecule has 3 rings (SSSR count). The van der Waals surface area contributed by atoms with E-state index in [0.29, 0.717) is 5.02 Å². The monoisotopic (exact) mass is 507 g/mol. The Balaban J connectivity index is 1.77. The van der Waals surface area contributed by atoms with E-state index in [1.54, 1.807) is 45.1 Å². The van der Waals surface area contributed by atoms with Crippen LogP contribution in [0, 0.1) is 0 Å². The van der Waals surface area contributed by atoms with E-state index in [1.807, 2.05) is 12.1 Å². The lowest BCUT2D eigenvalue weighted by Gasteiger charge is -2.20. The Morgan fingerprint density at radius 2 is 1.85 bits per heavy atom. The van der Waals surface area contributed by atoms with Gasteiger partial charge in [0.1, 0.15) is 17.2 Å². The number of rotatable bonds is 6. The highest BCUT2D eigenvalue weighted by atomic mass is 35.5. The SMILES string of the molecule is Cn1c(CNC(=O)OC(C)(C)C)c(Cl)c(=O)n(Cc2nc(/C=C/c3ccc(Cl)cc3)no2)c1=O. The number of amides is 1. The summed E-state index contributed by atoms with van der Waals surface area (Å²) in [5.74, 6) is 0.310. The van der Waals surface area contributed by atoms with Gasteiger partial charge in [-0.3, -0.25) is 9.36 Å². The molecule has 2 aromatic heterocycles. The molecule has 10 nitrogen and oxygen atoms in total. The molecule has 1 N–H and O–H groups in total. The topological polar surface area (TPSA) is 121 Å². The maximum Gasteiger partial charge on any atom is 0.407 e. The fourth-order valence-corrected chi connectivity index (χ4v) is 3.28. The van der Waals surface area contributed by atoms with E-state index in [1.165, 1.54) is 11.6 Å². The van der Waals surface area contributed by atoms with Crippen LogP contribution < -0.4 is 16.6 Å². The van der Waals surface area contributed by atoms with E-state index in [9.17, 15) is 14.4 Å². The van der Waals surface area contributed by atoms with Gasteiger partial charge in [-0.25, -0.2) is 14.2 Å². The minimum atomic E-state index is -0.748. The molecule has 0 saturated carbocycles. The van der Waals surface area contributed by atoms with Crippen molar-refractivity contribution in [2.24, 2.45) is 7.05 Å². The van der Waals surface area contributed by atoms with E-state index in [4.69, 9.17) is 32.5 Å². The first-order chi connectivity index (χ1) is 15.9. The van der Waals surface area contributed by atoms with E-state index in [-0.39, 0.29) is 35.5 Å². The highest BCUT2D eigenvalue weighted by Crippen LogP contribution is 2.13. The van der Waals surface area contributed by atoms with Crippen LogP contribution in [0.5, 0.6) is 0 Å². The molecule has 1 aromatic carbocycles. The van der Waals surface area contributed by atoms with Gasteiger partial charge >= 0.3 is 11.8 Å². The van der Waals surface area contributed by atoms with Gasteiger partial charge in [0.15, 0.2) is 5.82 Å². The molecule has 0 radical (unpaired) electrons. The normalized spacial score (nSPS) is 11.7. The van der Waals surface area contributed by atoms with Crippen LogP contribution in [0.3, 0.4) is 0 Å². The quantitative estimate of drug-likeness (QED) is 0.541. The van der Waals surface area contributed by atoms with E-state index < -0.39 is 22.9 Å². The van der Waals surface area contributed by atoms with Crippen molar-refractivity contribution in [1.29, 1.82) is 0 Å². The lowest BCUT2D eigenvalue weighted by Crippen LogP contribution is -2.42. The second-order valence-electron chi connectivity index (χ2n) is 8.28. The molecule has 1 amide bonds. The number of aromatic nitrogens is 4. The van der Waals surface area contributed by atoms with Crippen molar-refractivity contribution < 1.29 is 14.1 Å². The summed E-state index contributed by atoms with van der Waals surface area (Å²) in [6.07, 6.45) is 2.68. The summed E-state index contributed by atoms with van der Waals surface area (Å²) in [6, 6.07) is 7.15. The summed E-state index contributed by atoms with van der Waals surface area (Å²) in [7, 11) is 1.43. The fourth-order valence-electron chi connectivity index (χ4n) is 2.86. The van der Waals surface area contributed by atoms with E-state index in [0.717, 1.165) is 10.1 Å². The van der Waals surface area contributed by atoms with Crippen molar-refractivity contribution in [3.05, 3.63) is 78.1 Å². The van der Waals surface area contributed by atoms with Crippen molar-refractivity contribution in [3.8, 4) is 0 Å². The number of hydrogen-bond acceptors (Lipinski definition) is 7. The number of alkyl carbamates (subject to hydrolysis) is 1. The molecule has 0 unspecified atom stereocenters. The van der Waals surface area contributed by atoms with Gasteiger partial charge < -0.3 is 14.6 Å². The first-order valence-electron chi connectivity index (χ1n) is 10.2. The zero-order chi connectivity index (χ0) is 25.0. The maximum absolute atomic E-state index is 12.8. The molecular weight excluding hydrogens is 485 g/mol. The van der Waals surface area contributed by atoms with Gasteiger partial charge in [0, 0.05) is 12.1 Å². The van der Waals surface area contributed by atoms with Crippen molar-refractivity contribution in [2.75, 3.05) is 0 Å². The summed E-state index contributed by atoms with van der Waals surface area (Å²) < 4.78 is 12.4. The van der Waals surface area contributed by atoms with Crippen LogP contribution in [-0.4, -0.2) is 31.0 Å². The average Bonchev–Trinajstić information content (AvgIpc) is 3.21. The summed E-state index contributed by atoms with van der Waals surface area (Å²) in [5, 5.41) is 6.71. The summed E-state index contributed by atoms with van der Waals surface area (Å²) in [5.41, 5.74) is -1.09. The molecule has 0 atom stereocenters. The molecular formula is C22H23Cl2N5O5. The fraction of sp³-hybridized carbons (Fsp3) is 0.318. The van der Waals surface area contributed by atoms with Crippen LogP contribution in [0.1, 0.15) is 43.7 Å². The van der Waals surface area contributed by atoms with Gasteiger partial charge in [-0.1, -0.05) is 46.6 Å². The molecule has 2 heterocycles. The Hall–Kier alpha value is -3.37. The number of halogens is 2. The highest BCUT2D eigenvalue weighted by molar-refractivity contribution is 6.31. The Bertz CT molecular complexity index is 1300. The summed E-state index contributed by atoms with van der Waals surface area (Å²) in [4.78, 5) is 41.6. The number of carbonyl (C=O) groups is 1. The Labute approximate surface area is 204 Å². The van der Waals surface area contributed by atoms with Gasteiger partial charge in [-0.05, 0) is 44.5 Å². The Morgan fingerprint density at radius 1 is 1.18 bits per heavy atom. The lowest BCUT2D eigenvalue weighted by atomic mass is 10.2. The van der Waals surface area contributed by atoms with Crippen LogP contribution in [-0.2, 0) is 24.9 Å². The smallest absolute Gasteiger partial charge is 0.407 e. The second-order valence-corrected chi connectivity index (χ2v) is 9.09. The molecule has 0 saturated heterocycles. The Kier molecular flexibility index (Phi) is 7.63. The van der Waals surface area contributed by atoms with Crippen LogP contribution in [0.2, 0.25) is 10.0 Å². The average molecular weight is 508 g/mol. The number of nitrogens with one attached hydrogen (secondary N) is 1. The summed E-state index contributed by atoms with van der Waals surface area (Å²) >= 11 is 12.1. The minimum Gasteiger partial charge on any atom is -0.444 e. The number of benzene rings is 1. The minimum absolute atomic E-state index is 0.0469.